The van der Waals surface area contributed by atoms with Crippen molar-refractivity contribution in [2.24, 2.45) is 5.92 Å². The Balaban J connectivity index is 3.34. The van der Waals surface area contributed by atoms with Gasteiger partial charge in [-0.1, -0.05) is 12.8 Å². The van der Waals surface area contributed by atoms with Crippen LogP contribution in [0.5, 0.6) is 0 Å². The Morgan fingerprint density at radius 3 is 1.45 bits per heavy atom. The second kappa shape index (κ2) is 4.94. The molecule has 0 amide bonds. The van der Waals surface area contributed by atoms with Crippen LogP contribution in [0.1, 0.15) is 25.7 Å². The molecule has 0 bridgehead atoms. The third kappa shape index (κ3) is 2.57. The van der Waals surface area contributed by atoms with Gasteiger partial charge in [0.15, 0.2) is 0 Å². The number of halogens is 10. The van der Waals surface area contributed by atoms with E-state index >= 15 is 0 Å². The molecule has 0 aromatic heterocycles. The monoisotopic (exact) mass is 320 g/mol. The van der Waals surface area contributed by atoms with Crippen molar-refractivity contribution in [2.45, 2.75) is 55.8 Å². The Labute approximate surface area is 107 Å². The van der Waals surface area contributed by atoms with Gasteiger partial charge in [0, 0.05) is 5.92 Å². The van der Waals surface area contributed by atoms with E-state index < -0.39 is 48.9 Å². The summed E-state index contributed by atoms with van der Waals surface area (Å²) in [5, 5.41) is 0. The molecule has 1 rings (SSSR count). The molecule has 0 spiro atoms. The van der Waals surface area contributed by atoms with Crippen LogP contribution in [0.3, 0.4) is 0 Å². The lowest BCUT2D eigenvalue weighted by Crippen LogP contribution is -2.65. The molecule has 0 aliphatic heterocycles. The Bertz CT molecular complexity index is 337. The van der Waals surface area contributed by atoms with Crippen molar-refractivity contribution >= 4 is 0 Å². The second-order valence-electron chi connectivity index (χ2n) is 4.73. The lowest BCUT2D eigenvalue weighted by atomic mass is 9.78. The van der Waals surface area contributed by atoms with Gasteiger partial charge >= 0.3 is 18.3 Å². The summed E-state index contributed by atoms with van der Waals surface area (Å²) in [7, 11) is 0. The van der Waals surface area contributed by atoms with Crippen LogP contribution >= 0.6 is 0 Å². The fourth-order valence-corrected chi connectivity index (χ4v) is 2.42. The highest BCUT2D eigenvalue weighted by atomic mass is 19.4. The van der Waals surface area contributed by atoms with Gasteiger partial charge in [0.25, 0.3) is 0 Å². The van der Waals surface area contributed by atoms with Gasteiger partial charge < -0.3 is 0 Å². The highest BCUT2D eigenvalue weighted by Crippen LogP contribution is 2.57. The van der Waals surface area contributed by atoms with Crippen LogP contribution in [0.4, 0.5) is 43.9 Å². The fourth-order valence-electron chi connectivity index (χ4n) is 2.42. The van der Waals surface area contributed by atoms with Crippen LogP contribution in [0.25, 0.3) is 0 Å². The fraction of sp³-hybridized carbons (Fsp3) is 1.00. The van der Waals surface area contributed by atoms with E-state index in [0.717, 1.165) is 0 Å². The molecule has 2 atom stereocenters. The summed E-state index contributed by atoms with van der Waals surface area (Å²) in [6.45, 7) is 0. The molecule has 120 valence electrons. The quantitative estimate of drug-likeness (QED) is 0.643. The van der Waals surface area contributed by atoms with Crippen molar-refractivity contribution in [3.8, 4) is 0 Å². The number of rotatable bonds is 3. The van der Waals surface area contributed by atoms with E-state index in [9.17, 15) is 43.9 Å². The summed E-state index contributed by atoms with van der Waals surface area (Å²) in [5.74, 6) is -8.76. The van der Waals surface area contributed by atoms with E-state index in [-0.39, 0.29) is 12.8 Å². The highest BCUT2D eigenvalue weighted by Gasteiger charge is 2.80. The van der Waals surface area contributed by atoms with Gasteiger partial charge in [-0.2, -0.15) is 35.1 Å². The summed E-state index contributed by atoms with van der Waals surface area (Å²) in [6, 6.07) is 0. The number of hydrogen-bond acceptors (Lipinski definition) is 0. The van der Waals surface area contributed by atoms with E-state index in [1.54, 1.807) is 0 Å². The summed E-state index contributed by atoms with van der Waals surface area (Å²) in [6.07, 6.45) is -19.0. The van der Waals surface area contributed by atoms with Crippen molar-refractivity contribution in [3.05, 3.63) is 0 Å². The molecule has 1 saturated carbocycles. The molecule has 10 heteroatoms. The van der Waals surface area contributed by atoms with E-state index in [0.29, 0.717) is 0 Å². The zero-order valence-electron chi connectivity index (χ0n) is 9.76. The Morgan fingerprint density at radius 1 is 0.750 bits per heavy atom. The molecule has 0 aromatic rings. The average molecular weight is 320 g/mol. The molecule has 0 N–H and O–H groups in total. The molecule has 0 aromatic carbocycles. The first kappa shape index (κ1) is 17.4. The lowest BCUT2D eigenvalue weighted by molar-refractivity contribution is -0.365. The maximum Gasteiger partial charge on any atom is 0.456 e. The van der Waals surface area contributed by atoms with E-state index in [1.807, 2.05) is 0 Å². The summed E-state index contributed by atoms with van der Waals surface area (Å²) in [4.78, 5) is 0. The largest absolute Gasteiger partial charge is 0.456 e. The molecule has 2 unspecified atom stereocenters. The van der Waals surface area contributed by atoms with Crippen molar-refractivity contribution in [2.75, 3.05) is 0 Å². The molecule has 1 aliphatic carbocycles. The summed E-state index contributed by atoms with van der Waals surface area (Å²) in [5.41, 5.74) is -5.35. The van der Waals surface area contributed by atoms with Gasteiger partial charge in [-0.05, 0) is 12.8 Å². The smallest absolute Gasteiger partial charge is 0.234 e. The molecule has 0 radical (unpaired) electrons. The first-order valence-corrected chi connectivity index (χ1v) is 5.60. The molecular weight excluding hydrogens is 310 g/mol. The maximum atomic E-state index is 14.1. The van der Waals surface area contributed by atoms with Gasteiger partial charge in [0.2, 0.25) is 11.8 Å². The second-order valence-corrected chi connectivity index (χ2v) is 4.73. The van der Waals surface area contributed by atoms with Gasteiger partial charge in [0.1, 0.15) is 0 Å². The Morgan fingerprint density at radius 2 is 1.15 bits per heavy atom. The van der Waals surface area contributed by atoms with Crippen LogP contribution < -0.4 is 0 Å². The Kier molecular flexibility index (Phi) is 4.29. The van der Waals surface area contributed by atoms with E-state index in [1.165, 1.54) is 0 Å². The van der Waals surface area contributed by atoms with Crippen molar-refractivity contribution < 1.29 is 43.9 Å². The molecule has 0 heterocycles. The van der Waals surface area contributed by atoms with Crippen LogP contribution in [-0.4, -0.2) is 30.1 Å². The molecule has 1 fully saturated rings. The topological polar surface area (TPSA) is 0 Å². The van der Waals surface area contributed by atoms with Gasteiger partial charge in [0.05, 0.1) is 0 Å². The zero-order chi connectivity index (χ0) is 16.0. The standard InChI is InChI=1S/C10H10F10/c11-6(8(13,14)15)7(12,5-3-1-2-4-5)9(16,17)10(18,19)20/h5-6H,1-4H2. The van der Waals surface area contributed by atoms with Crippen LogP contribution in [0, 0.1) is 5.92 Å². The SMILES string of the molecule is FC(C(F)(F)F)C(F)(C1CCCC1)C(F)(F)C(F)(F)F. The molecular formula is C10H10F10. The Hall–Kier alpha value is -0.700. The highest BCUT2D eigenvalue weighted by molar-refractivity contribution is 5.10. The van der Waals surface area contributed by atoms with Crippen molar-refractivity contribution in [1.29, 1.82) is 0 Å². The first-order chi connectivity index (χ1) is 8.76. The van der Waals surface area contributed by atoms with Crippen LogP contribution in [-0.2, 0) is 0 Å². The van der Waals surface area contributed by atoms with Crippen LogP contribution in [0.15, 0.2) is 0 Å². The van der Waals surface area contributed by atoms with Gasteiger partial charge in [-0.3, -0.25) is 0 Å². The molecule has 1 aliphatic rings. The summed E-state index contributed by atoms with van der Waals surface area (Å²) < 4.78 is 127. The van der Waals surface area contributed by atoms with E-state index in [4.69, 9.17) is 0 Å². The predicted molar refractivity (Wildman–Crippen MR) is 47.8 cm³/mol. The molecule has 20 heavy (non-hydrogen) atoms. The average Bonchev–Trinajstić information content (AvgIpc) is 2.77. The van der Waals surface area contributed by atoms with Crippen molar-refractivity contribution in [3.63, 3.8) is 0 Å². The molecule has 0 saturated heterocycles. The van der Waals surface area contributed by atoms with Gasteiger partial charge in [-0.25, -0.2) is 8.78 Å². The van der Waals surface area contributed by atoms with Gasteiger partial charge in [-0.15, -0.1) is 0 Å². The number of hydrogen-bond donors (Lipinski definition) is 0. The lowest BCUT2D eigenvalue weighted by Gasteiger charge is -2.41. The van der Waals surface area contributed by atoms with E-state index in [2.05, 4.69) is 0 Å². The minimum atomic E-state index is -6.61. The maximum absolute atomic E-state index is 14.1. The van der Waals surface area contributed by atoms with Crippen LogP contribution in [0.2, 0.25) is 0 Å². The van der Waals surface area contributed by atoms with Crippen molar-refractivity contribution in [1.82, 2.24) is 0 Å². The third-order valence-corrected chi connectivity index (χ3v) is 3.44. The normalized spacial score (nSPS) is 23.7. The minimum Gasteiger partial charge on any atom is -0.234 e. The third-order valence-electron chi connectivity index (χ3n) is 3.44. The summed E-state index contributed by atoms with van der Waals surface area (Å²) >= 11 is 0. The molecule has 0 nitrogen and oxygen atoms in total. The number of alkyl halides is 10. The first-order valence-electron chi connectivity index (χ1n) is 5.60. The predicted octanol–water partition coefficient (Wildman–Crippen LogP) is 4.98. The minimum absolute atomic E-state index is 0.0329. The zero-order valence-corrected chi connectivity index (χ0v) is 9.76.